The second-order valence-electron chi connectivity index (χ2n) is 3.53. The highest BCUT2D eigenvalue weighted by Gasteiger charge is 2.18. The zero-order valence-corrected chi connectivity index (χ0v) is 8.59. The standard InChI is InChI=1S/C12H14O3/c1-14-11-4-2-9(3-5-11)12-8-10(13)6-7-15-12/h2-7,10,12-13H,8H2,1H3. The number of benzene rings is 1. The molecule has 0 fully saturated rings. The molecule has 3 heteroatoms. The smallest absolute Gasteiger partial charge is 0.126 e. The van der Waals surface area contributed by atoms with Crippen molar-refractivity contribution < 1.29 is 14.6 Å². The molecule has 2 rings (SSSR count). The first-order chi connectivity index (χ1) is 7.29. The Balaban J connectivity index is 2.12. The predicted molar refractivity (Wildman–Crippen MR) is 56.6 cm³/mol. The van der Waals surface area contributed by atoms with E-state index in [9.17, 15) is 5.11 Å². The van der Waals surface area contributed by atoms with Crippen molar-refractivity contribution >= 4 is 0 Å². The van der Waals surface area contributed by atoms with Crippen LogP contribution in [0.5, 0.6) is 5.75 Å². The van der Waals surface area contributed by atoms with Gasteiger partial charge in [0.2, 0.25) is 0 Å². The van der Waals surface area contributed by atoms with Gasteiger partial charge in [-0.3, -0.25) is 0 Å². The minimum atomic E-state index is -0.411. The Kier molecular flexibility index (Phi) is 2.92. The molecule has 15 heavy (non-hydrogen) atoms. The monoisotopic (exact) mass is 206 g/mol. The molecule has 0 radical (unpaired) electrons. The van der Waals surface area contributed by atoms with Gasteiger partial charge in [0.1, 0.15) is 11.9 Å². The minimum absolute atomic E-state index is 0.0593. The fourth-order valence-corrected chi connectivity index (χ4v) is 1.62. The molecule has 0 bridgehead atoms. The molecule has 1 heterocycles. The van der Waals surface area contributed by atoms with Gasteiger partial charge < -0.3 is 14.6 Å². The molecule has 0 aromatic heterocycles. The topological polar surface area (TPSA) is 38.7 Å². The number of rotatable bonds is 2. The summed E-state index contributed by atoms with van der Waals surface area (Å²) < 4.78 is 10.5. The van der Waals surface area contributed by atoms with Gasteiger partial charge in [0.15, 0.2) is 0 Å². The molecule has 0 aliphatic carbocycles. The maximum Gasteiger partial charge on any atom is 0.126 e. The van der Waals surface area contributed by atoms with Crippen LogP contribution in [0.3, 0.4) is 0 Å². The van der Waals surface area contributed by atoms with E-state index in [0.29, 0.717) is 6.42 Å². The van der Waals surface area contributed by atoms with Gasteiger partial charge in [-0.1, -0.05) is 12.1 Å². The lowest BCUT2D eigenvalue weighted by Crippen LogP contribution is -2.15. The summed E-state index contributed by atoms with van der Waals surface area (Å²) in [6, 6.07) is 7.69. The van der Waals surface area contributed by atoms with E-state index in [1.54, 1.807) is 19.4 Å². The molecule has 2 unspecified atom stereocenters. The van der Waals surface area contributed by atoms with Crippen LogP contribution in [-0.4, -0.2) is 18.3 Å². The molecule has 0 amide bonds. The predicted octanol–water partition coefficient (Wildman–Crippen LogP) is 2.03. The zero-order chi connectivity index (χ0) is 10.7. The largest absolute Gasteiger partial charge is 0.497 e. The third-order valence-electron chi connectivity index (χ3n) is 2.49. The second-order valence-corrected chi connectivity index (χ2v) is 3.53. The fraction of sp³-hybridized carbons (Fsp3) is 0.333. The Labute approximate surface area is 88.9 Å². The Morgan fingerprint density at radius 2 is 2.07 bits per heavy atom. The van der Waals surface area contributed by atoms with E-state index in [1.165, 1.54) is 0 Å². The molecular weight excluding hydrogens is 192 g/mol. The summed E-state index contributed by atoms with van der Waals surface area (Å²) in [4.78, 5) is 0. The van der Waals surface area contributed by atoms with Crippen molar-refractivity contribution in [3.63, 3.8) is 0 Å². The molecule has 2 atom stereocenters. The van der Waals surface area contributed by atoms with E-state index < -0.39 is 6.10 Å². The highest BCUT2D eigenvalue weighted by molar-refractivity contribution is 5.29. The summed E-state index contributed by atoms with van der Waals surface area (Å²) in [5.74, 6) is 0.825. The summed E-state index contributed by atoms with van der Waals surface area (Å²) in [7, 11) is 1.64. The Morgan fingerprint density at radius 1 is 1.33 bits per heavy atom. The van der Waals surface area contributed by atoms with Crippen LogP contribution in [0.15, 0.2) is 36.6 Å². The second kappa shape index (κ2) is 4.36. The normalized spacial score (nSPS) is 24.7. The number of hydrogen-bond donors (Lipinski definition) is 1. The lowest BCUT2D eigenvalue weighted by Gasteiger charge is -2.22. The van der Waals surface area contributed by atoms with Gasteiger partial charge in [0, 0.05) is 6.42 Å². The summed E-state index contributed by atoms with van der Waals surface area (Å²) in [6.45, 7) is 0. The Morgan fingerprint density at radius 3 is 2.67 bits per heavy atom. The van der Waals surface area contributed by atoms with Gasteiger partial charge in [0.25, 0.3) is 0 Å². The van der Waals surface area contributed by atoms with Crippen LogP contribution in [0.4, 0.5) is 0 Å². The first kappa shape index (κ1) is 10.1. The molecular formula is C12H14O3. The maximum atomic E-state index is 9.45. The van der Waals surface area contributed by atoms with Crippen LogP contribution in [0, 0.1) is 0 Å². The zero-order valence-electron chi connectivity index (χ0n) is 8.59. The third-order valence-corrected chi connectivity index (χ3v) is 2.49. The van der Waals surface area contributed by atoms with Crippen LogP contribution in [-0.2, 0) is 4.74 Å². The molecule has 1 aliphatic rings. The Hall–Kier alpha value is -1.48. The number of aliphatic hydroxyl groups excluding tert-OH is 1. The lowest BCUT2D eigenvalue weighted by atomic mass is 10.0. The van der Waals surface area contributed by atoms with Crippen molar-refractivity contribution in [2.24, 2.45) is 0 Å². The van der Waals surface area contributed by atoms with Gasteiger partial charge in [-0.2, -0.15) is 0 Å². The first-order valence-electron chi connectivity index (χ1n) is 4.94. The SMILES string of the molecule is COc1ccc(C2CC(O)C=CO2)cc1. The van der Waals surface area contributed by atoms with Gasteiger partial charge in [-0.05, 0) is 23.8 Å². The molecule has 1 aliphatic heterocycles. The Bertz CT molecular complexity index is 342. The maximum absolute atomic E-state index is 9.45. The van der Waals surface area contributed by atoms with Crippen molar-refractivity contribution in [1.29, 1.82) is 0 Å². The molecule has 0 spiro atoms. The summed E-state index contributed by atoms with van der Waals surface area (Å²) in [5.41, 5.74) is 1.05. The van der Waals surface area contributed by atoms with Crippen LogP contribution in [0.1, 0.15) is 18.1 Å². The summed E-state index contributed by atoms with van der Waals surface area (Å²) in [5, 5.41) is 9.45. The minimum Gasteiger partial charge on any atom is -0.497 e. The molecule has 0 saturated heterocycles. The molecule has 0 saturated carbocycles. The van der Waals surface area contributed by atoms with E-state index in [-0.39, 0.29) is 6.10 Å². The molecule has 1 N–H and O–H groups in total. The highest BCUT2D eigenvalue weighted by atomic mass is 16.5. The van der Waals surface area contributed by atoms with Crippen molar-refractivity contribution in [1.82, 2.24) is 0 Å². The van der Waals surface area contributed by atoms with Crippen molar-refractivity contribution in [3.05, 3.63) is 42.2 Å². The molecule has 80 valence electrons. The van der Waals surface area contributed by atoms with Crippen LogP contribution in [0.25, 0.3) is 0 Å². The molecule has 3 nitrogen and oxygen atoms in total. The number of methoxy groups -OCH3 is 1. The van der Waals surface area contributed by atoms with Crippen LogP contribution >= 0.6 is 0 Å². The van der Waals surface area contributed by atoms with E-state index in [0.717, 1.165) is 11.3 Å². The summed E-state index contributed by atoms with van der Waals surface area (Å²) in [6.07, 6.45) is 3.34. The average Bonchev–Trinajstić information content (AvgIpc) is 2.29. The van der Waals surface area contributed by atoms with E-state index >= 15 is 0 Å². The van der Waals surface area contributed by atoms with Crippen LogP contribution < -0.4 is 4.74 Å². The van der Waals surface area contributed by atoms with Crippen molar-refractivity contribution in [3.8, 4) is 5.75 Å². The number of hydrogen-bond acceptors (Lipinski definition) is 3. The molecule has 1 aromatic rings. The third kappa shape index (κ3) is 2.30. The number of aliphatic hydroxyl groups is 1. The van der Waals surface area contributed by atoms with Gasteiger partial charge in [-0.15, -0.1) is 0 Å². The van der Waals surface area contributed by atoms with E-state index in [4.69, 9.17) is 9.47 Å². The highest BCUT2D eigenvalue weighted by Crippen LogP contribution is 2.27. The quantitative estimate of drug-likeness (QED) is 0.804. The fourth-order valence-electron chi connectivity index (χ4n) is 1.62. The van der Waals surface area contributed by atoms with Crippen molar-refractivity contribution in [2.45, 2.75) is 18.6 Å². The van der Waals surface area contributed by atoms with Gasteiger partial charge in [-0.25, -0.2) is 0 Å². The average molecular weight is 206 g/mol. The van der Waals surface area contributed by atoms with Gasteiger partial charge in [0.05, 0.1) is 19.5 Å². The molecule has 1 aromatic carbocycles. The summed E-state index contributed by atoms with van der Waals surface area (Å²) >= 11 is 0. The van der Waals surface area contributed by atoms with E-state index in [2.05, 4.69) is 0 Å². The number of ether oxygens (including phenoxy) is 2. The van der Waals surface area contributed by atoms with E-state index in [1.807, 2.05) is 24.3 Å². The van der Waals surface area contributed by atoms with Crippen LogP contribution in [0.2, 0.25) is 0 Å². The lowest BCUT2D eigenvalue weighted by molar-refractivity contribution is 0.0641. The van der Waals surface area contributed by atoms with Gasteiger partial charge >= 0.3 is 0 Å². The van der Waals surface area contributed by atoms with Crippen molar-refractivity contribution in [2.75, 3.05) is 7.11 Å². The first-order valence-corrected chi connectivity index (χ1v) is 4.94.